The normalized spacial score (nSPS) is 34.8. The fourth-order valence-corrected chi connectivity index (χ4v) is 2.97. The van der Waals surface area contributed by atoms with Gasteiger partial charge in [-0.05, 0) is 37.7 Å². The van der Waals surface area contributed by atoms with Crippen LogP contribution in [0, 0.1) is 11.8 Å². The summed E-state index contributed by atoms with van der Waals surface area (Å²) < 4.78 is 5.98. The third kappa shape index (κ3) is 2.63. The Morgan fingerprint density at radius 1 is 1.53 bits per heavy atom. The van der Waals surface area contributed by atoms with Gasteiger partial charge in [-0.25, -0.2) is 0 Å². The Kier molecular flexibility index (Phi) is 3.74. The van der Waals surface area contributed by atoms with E-state index in [9.17, 15) is 5.11 Å². The molecule has 1 aliphatic heterocycles. The highest BCUT2D eigenvalue weighted by Gasteiger charge is 2.41. The zero-order valence-corrected chi connectivity index (χ0v) is 11.1. The largest absolute Gasteiger partial charge is 0.390 e. The van der Waals surface area contributed by atoms with E-state index in [0.717, 1.165) is 24.8 Å². The lowest BCUT2D eigenvalue weighted by atomic mass is 9.82. The lowest BCUT2D eigenvalue weighted by molar-refractivity contribution is -0.0226. The lowest BCUT2D eigenvalue weighted by Gasteiger charge is -2.21. The lowest BCUT2D eigenvalue weighted by Crippen LogP contribution is -2.28. The molecule has 96 valence electrons. The molecule has 2 heteroatoms. The topological polar surface area (TPSA) is 29.5 Å². The van der Waals surface area contributed by atoms with Gasteiger partial charge in [0.25, 0.3) is 0 Å². The van der Waals surface area contributed by atoms with Crippen LogP contribution in [0.2, 0.25) is 0 Å². The molecule has 0 aromatic heterocycles. The summed E-state index contributed by atoms with van der Waals surface area (Å²) in [5, 5.41) is 10.2. The molecule has 4 atom stereocenters. The fraction of sp³-hybridized carbons (Fsp3) is 0.733. The standard InChI is InChI=1S/C15H24O2/c1-9(2)7-13(16)15-11(4)12-6-5-10(3)8-14(12)17-15/h8-9,12-16H,4-7H2,1-3H3/t12?,13?,14-,15+/m0/s1. The summed E-state index contributed by atoms with van der Waals surface area (Å²) in [5.41, 5.74) is 2.50. The predicted octanol–water partition coefficient (Wildman–Crippen LogP) is 3.07. The second-order valence-electron chi connectivity index (χ2n) is 5.95. The Balaban J connectivity index is 2.06. The molecule has 0 spiro atoms. The van der Waals surface area contributed by atoms with Gasteiger partial charge in [-0.3, -0.25) is 0 Å². The quantitative estimate of drug-likeness (QED) is 0.763. The summed E-state index contributed by atoms with van der Waals surface area (Å²) in [5.74, 6) is 0.909. The van der Waals surface area contributed by atoms with Crippen LogP contribution in [0.5, 0.6) is 0 Å². The van der Waals surface area contributed by atoms with Crippen LogP contribution in [-0.4, -0.2) is 23.4 Å². The highest BCUT2D eigenvalue weighted by atomic mass is 16.5. The van der Waals surface area contributed by atoms with Gasteiger partial charge < -0.3 is 9.84 Å². The molecule has 1 heterocycles. The first-order chi connectivity index (χ1) is 7.99. The van der Waals surface area contributed by atoms with Crippen molar-refractivity contribution in [2.24, 2.45) is 11.8 Å². The molecular formula is C15H24O2. The highest BCUT2D eigenvalue weighted by Crippen LogP contribution is 2.41. The van der Waals surface area contributed by atoms with Gasteiger partial charge in [-0.15, -0.1) is 0 Å². The average molecular weight is 236 g/mol. The first kappa shape index (κ1) is 12.8. The maximum Gasteiger partial charge on any atom is 0.105 e. The molecule has 0 aromatic carbocycles. The molecule has 2 aliphatic rings. The first-order valence-electron chi connectivity index (χ1n) is 6.68. The van der Waals surface area contributed by atoms with Gasteiger partial charge in [-0.2, -0.15) is 0 Å². The molecule has 1 fully saturated rings. The van der Waals surface area contributed by atoms with Crippen LogP contribution >= 0.6 is 0 Å². The van der Waals surface area contributed by atoms with Crippen molar-refractivity contribution in [3.63, 3.8) is 0 Å². The summed E-state index contributed by atoms with van der Waals surface area (Å²) in [6.07, 6.45) is 4.85. The molecule has 1 aliphatic carbocycles. The Morgan fingerprint density at radius 2 is 2.24 bits per heavy atom. The Hall–Kier alpha value is -0.600. The summed E-state index contributed by atoms with van der Waals surface area (Å²) in [7, 11) is 0. The number of allylic oxidation sites excluding steroid dienone is 1. The monoisotopic (exact) mass is 236 g/mol. The molecule has 17 heavy (non-hydrogen) atoms. The molecule has 1 saturated heterocycles. The van der Waals surface area contributed by atoms with E-state index in [0.29, 0.717) is 11.8 Å². The van der Waals surface area contributed by atoms with E-state index >= 15 is 0 Å². The van der Waals surface area contributed by atoms with Crippen molar-refractivity contribution >= 4 is 0 Å². The van der Waals surface area contributed by atoms with Crippen LogP contribution in [0.3, 0.4) is 0 Å². The van der Waals surface area contributed by atoms with E-state index in [1.165, 1.54) is 5.57 Å². The van der Waals surface area contributed by atoms with Crippen LogP contribution in [-0.2, 0) is 4.74 Å². The Morgan fingerprint density at radius 3 is 2.88 bits per heavy atom. The van der Waals surface area contributed by atoms with E-state index in [-0.39, 0.29) is 12.2 Å². The predicted molar refractivity (Wildman–Crippen MR) is 69.7 cm³/mol. The zero-order chi connectivity index (χ0) is 12.6. The third-order valence-electron chi connectivity index (χ3n) is 3.90. The van der Waals surface area contributed by atoms with E-state index in [1.54, 1.807) is 0 Å². The number of hydrogen-bond acceptors (Lipinski definition) is 2. The van der Waals surface area contributed by atoms with E-state index < -0.39 is 6.10 Å². The number of aliphatic hydroxyl groups excluding tert-OH is 1. The Labute approximate surface area is 104 Å². The van der Waals surface area contributed by atoms with Crippen LogP contribution in [0.25, 0.3) is 0 Å². The number of rotatable bonds is 3. The summed E-state index contributed by atoms with van der Waals surface area (Å²) in [4.78, 5) is 0. The minimum Gasteiger partial charge on any atom is -0.390 e. The third-order valence-corrected chi connectivity index (χ3v) is 3.90. The van der Waals surface area contributed by atoms with Gasteiger partial charge in [0.15, 0.2) is 0 Å². The molecule has 1 N–H and O–H groups in total. The van der Waals surface area contributed by atoms with Crippen molar-refractivity contribution in [3.8, 4) is 0 Å². The maximum atomic E-state index is 10.2. The zero-order valence-electron chi connectivity index (χ0n) is 11.1. The summed E-state index contributed by atoms with van der Waals surface area (Å²) in [6.45, 7) is 10.6. The van der Waals surface area contributed by atoms with Gasteiger partial charge in [-0.1, -0.05) is 32.1 Å². The van der Waals surface area contributed by atoms with Crippen molar-refractivity contribution < 1.29 is 9.84 Å². The van der Waals surface area contributed by atoms with Crippen LogP contribution < -0.4 is 0 Å². The van der Waals surface area contributed by atoms with Crippen molar-refractivity contribution in [2.75, 3.05) is 0 Å². The van der Waals surface area contributed by atoms with E-state index in [4.69, 9.17) is 4.74 Å². The fourth-order valence-electron chi connectivity index (χ4n) is 2.97. The molecule has 0 amide bonds. The highest BCUT2D eigenvalue weighted by molar-refractivity contribution is 5.24. The average Bonchev–Trinajstić information content (AvgIpc) is 2.54. The van der Waals surface area contributed by atoms with Crippen LogP contribution in [0.15, 0.2) is 23.8 Å². The minimum atomic E-state index is -0.401. The van der Waals surface area contributed by atoms with Gasteiger partial charge >= 0.3 is 0 Å². The molecule has 0 bridgehead atoms. The number of ether oxygens (including phenoxy) is 1. The molecule has 0 aromatic rings. The van der Waals surface area contributed by atoms with Gasteiger partial charge in [0.05, 0.1) is 12.2 Å². The number of fused-ring (bicyclic) bond motifs is 1. The van der Waals surface area contributed by atoms with Crippen LogP contribution in [0.4, 0.5) is 0 Å². The molecule has 2 unspecified atom stereocenters. The van der Waals surface area contributed by atoms with Gasteiger partial charge in [0.1, 0.15) is 6.10 Å². The van der Waals surface area contributed by atoms with Crippen molar-refractivity contribution in [2.45, 2.75) is 58.3 Å². The second-order valence-corrected chi connectivity index (χ2v) is 5.95. The molecular weight excluding hydrogens is 212 g/mol. The van der Waals surface area contributed by atoms with Crippen molar-refractivity contribution in [1.29, 1.82) is 0 Å². The second kappa shape index (κ2) is 4.95. The smallest absolute Gasteiger partial charge is 0.105 e. The van der Waals surface area contributed by atoms with E-state index in [1.807, 2.05) is 0 Å². The first-order valence-corrected chi connectivity index (χ1v) is 6.68. The Bertz CT molecular complexity index is 330. The van der Waals surface area contributed by atoms with Gasteiger partial charge in [0.2, 0.25) is 0 Å². The minimum absolute atomic E-state index is 0.156. The number of hydrogen-bond donors (Lipinski definition) is 1. The van der Waals surface area contributed by atoms with E-state index in [2.05, 4.69) is 33.4 Å². The van der Waals surface area contributed by atoms with Crippen molar-refractivity contribution in [1.82, 2.24) is 0 Å². The molecule has 0 saturated carbocycles. The SMILES string of the molecule is C=C1C2CCC(C)=C[C@@H]2O[C@H]1C(O)CC(C)C. The summed E-state index contributed by atoms with van der Waals surface area (Å²) >= 11 is 0. The molecule has 0 radical (unpaired) electrons. The van der Waals surface area contributed by atoms with Crippen molar-refractivity contribution in [3.05, 3.63) is 23.8 Å². The van der Waals surface area contributed by atoms with Crippen LogP contribution in [0.1, 0.15) is 40.0 Å². The van der Waals surface area contributed by atoms with Gasteiger partial charge in [0, 0.05) is 5.92 Å². The molecule has 2 nitrogen and oxygen atoms in total. The molecule has 2 rings (SSSR count). The number of aliphatic hydroxyl groups is 1. The summed E-state index contributed by atoms with van der Waals surface area (Å²) in [6, 6.07) is 0. The maximum absolute atomic E-state index is 10.2.